The van der Waals surface area contributed by atoms with E-state index in [9.17, 15) is 14.4 Å². The average Bonchev–Trinajstić information content (AvgIpc) is 2.49. The molecule has 1 aliphatic heterocycles. The molecule has 2 amide bonds. The number of hydrogen-bond donors (Lipinski definition) is 0. The Labute approximate surface area is 125 Å². The number of β-lactam (4-membered cyclic amide) rings is 2. The lowest BCUT2D eigenvalue weighted by atomic mass is 9.83. The minimum atomic E-state index is -0.398. The van der Waals surface area contributed by atoms with E-state index in [4.69, 9.17) is 0 Å². The Morgan fingerprint density at radius 2 is 1.86 bits per heavy atom. The highest BCUT2D eigenvalue weighted by Gasteiger charge is 2.49. The molecule has 5 nitrogen and oxygen atoms in total. The summed E-state index contributed by atoms with van der Waals surface area (Å²) >= 11 is 0. The fourth-order valence-electron chi connectivity index (χ4n) is 3.27. The van der Waals surface area contributed by atoms with E-state index in [1.807, 2.05) is 0 Å². The Morgan fingerprint density at radius 3 is 2.38 bits per heavy atom. The number of carbonyl (C=O) groups is 2. The molecule has 1 heterocycles. The molecule has 0 aromatic carbocycles. The van der Waals surface area contributed by atoms with E-state index in [0.29, 0.717) is 12.3 Å². The summed E-state index contributed by atoms with van der Waals surface area (Å²) in [6.45, 7) is 4.28. The molecule has 2 rings (SSSR count). The number of amides is 2. The summed E-state index contributed by atoms with van der Waals surface area (Å²) in [5.74, 6) is 0.178. The van der Waals surface area contributed by atoms with Crippen LogP contribution in [0.2, 0.25) is 0 Å². The number of nitrogens with zero attached hydrogens (tertiary/aromatic N) is 2. The molecule has 0 aromatic heterocycles. The number of likely N-dealkylation sites (tertiary alicyclic amines) is 1. The zero-order valence-electron chi connectivity index (χ0n) is 12.9. The molecule has 1 saturated heterocycles. The predicted octanol–water partition coefficient (Wildman–Crippen LogP) is 2.44. The summed E-state index contributed by atoms with van der Waals surface area (Å²) in [7, 11) is 0. The summed E-state index contributed by atoms with van der Waals surface area (Å²) in [6.07, 6.45) is 7.33. The van der Waals surface area contributed by atoms with Crippen LogP contribution in [0, 0.1) is 11.8 Å². The predicted molar refractivity (Wildman–Crippen MR) is 78.2 cm³/mol. The zero-order chi connectivity index (χ0) is 15.4. The Hall–Kier alpha value is -1.48. The van der Waals surface area contributed by atoms with Crippen molar-refractivity contribution in [3.05, 3.63) is 0 Å². The molecule has 1 saturated carbocycles. The SMILES string of the molecule is CCC(C)CCC1C(=O)N(C2CCC(N=C=O)CC2)C1=O. The molecule has 2 fully saturated rings. The molecule has 1 aliphatic carbocycles. The van der Waals surface area contributed by atoms with Crippen molar-refractivity contribution in [3.63, 3.8) is 0 Å². The average molecular weight is 292 g/mol. The van der Waals surface area contributed by atoms with Gasteiger partial charge in [0.2, 0.25) is 17.9 Å². The Bertz CT molecular complexity index is 432. The molecular weight excluding hydrogens is 268 g/mol. The summed E-state index contributed by atoms with van der Waals surface area (Å²) in [6, 6.07) is 0.0365. The van der Waals surface area contributed by atoms with Crippen LogP contribution in [-0.2, 0) is 14.4 Å². The van der Waals surface area contributed by atoms with E-state index in [1.54, 1.807) is 6.08 Å². The number of aliphatic imine (C=N–C) groups is 1. The van der Waals surface area contributed by atoms with Gasteiger partial charge in [0, 0.05) is 6.04 Å². The normalized spacial score (nSPS) is 28.0. The number of hydrogen-bond acceptors (Lipinski definition) is 4. The van der Waals surface area contributed by atoms with Crippen LogP contribution in [0.25, 0.3) is 0 Å². The first-order valence-corrected chi connectivity index (χ1v) is 8.02. The maximum Gasteiger partial charge on any atom is 0.242 e. The fraction of sp³-hybridized carbons (Fsp3) is 0.812. The molecule has 0 N–H and O–H groups in total. The quantitative estimate of drug-likeness (QED) is 0.327. The molecule has 5 heteroatoms. The minimum absolute atomic E-state index is 0.00522. The number of isocyanates is 1. The van der Waals surface area contributed by atoms with Crippen LogP contribution in [0.4, 0.5) is 0 Å². The summed E-state index contributed by atoms with van der Waals surface area (Å²) in [4.78, 5) is 39.8. The van der Waals surface area contributed by atoms with Crippen LogP contribution >= 0.6 is 0 Å². The lowest BCUT2D eigenvalue weighted by molar-refractivity contribution is -0.170. The second-order valence-electron chi connectivity index (χ2n) is 6.37. The molecule has 0 bridgehead atoms. The molecule has 2 aliphatic rings. The minimum Gasteiger partial charge on any atom is -0.278 e. The van der Waals surface area contributed by atoms with Gasteiger partial charge < -0.3 is 0 Å². The Balaban J connectivity index is 1.83. The smallest absolute Gasteiger partial charge is 0.242 e. The van der Waals surface area contributed by atoms with Gasteiger partial charge in [-0.15, -0.1) is 0 Å². The maximum absolute atomic E-state index is 12.2. The molecule has 21 heavy (non-hydrogen) atoms. The summed E-state index contributed by atoms with van der Waals surface area (Å²) in [5, 5.41) is 0. The summed E-state index contributed by atoms with van der Waals surface area (Å²) in [5.41, 5.74) is 0. The van der Waals surface area contributed by atoms with Crippen LogP contribution in [0.3, 0.4) is 0 Å². The first-order valence-electron chi connectivity index (χ1n) is 8.02. The highest BCUT2D eigenvalue weighted by atomic mass is 16.2. The lowest BCUT2D eigenvalue weighted by Gasteiger charge is -2.43. The third kappa shape index (κ3) is 3.41. The molecule has 1 unspecified atom stereocenters. The van der Waals surface area contributed by atoms with Gasteiger partial charge in [-0.1, -0.05) is 20.3 Å². The van der Waals surface area contributed by atoms with E-state index in [1.165, 1.54) is 4.90 Å². The van der Waals surface area contributed by atoms with Crippen molar-refractivity contribution in [2.24, 2.45) is 16.8 Å². The van der Waals surface area contributed by atoms with Gasteiger partial charge in [0.25, 0.3) is 0 Å². The first kappa shape index (κ1) is 15.9. The topological polar surface area (TPSA) is 66.8 Å². The third-order valence-electron chi connectivity index (χ3n) is 4.98. The van der Waals surface area contributed by atoms with Gasteiger partial charge in [-0.3, -0.25) is 14.5 Å². The second-order valence-corrected chi connectivity index (χ2v) is 6.37. The summed E-state index contributed by atoms with van der Waals surface area (Å²) < 4.78 is 0. The van der Waals surface area contributed by atoms with Crippen molar-refractivity contribution in [1.29, 1.82) is 0 Å². The molecule has 0 aromatic rings. The highest BCUT2D eigenvalue weighted by Crippen LogP contribution is 2.34. The lowest BCUT2D eigenvalue weighted by Crippen LogP contribution is -2.62. The van der Waals surface area contributed by atoms with Gasteiger partial charge in [0.1, 0.15) is 5.92 Å². The van der Waals surface area contributed by atoms with Gasteiger partial charge in [-0.2, -0.15) is 0 Å². The van der Waals surface area contributed by atoms with Crippen LogP contribution < -0.4 is 0 Å². The van der Waals surface area contributed by atoms with E-state index in [2.05, 4.69) is 18.8 Å². The van der Waals surface area contributed by atoms with Gasteiger partial charge >= 0.3 is 0 Å². The van der Waals surface area contributed by atoms with Crippen LogP contribution in [0.5, 0.6) is 0 Å². The Kier molecular flexibility index (Phi) is 5.29. The second kappa shape index (κ2) is 6.99. The molecule has 1 atom stereocenters. The van der Waals surface area contributed by atoms with Crippen LogP contribution in [0.1, 0.15) is 58.8 Å². The van der Waals surface area contributed by atoms with Gasteiger partial charge in [-0.05, 0) is 44.4 Å². The van der Waals surface area contributed by atoms with E-state index in [-0.39, 0.29) is 23.9 Å². The van der Waals surface area contributed by atoms with E-state index >= 15 is 0 Å². The number of imide groups is 1. The maximum atomic E-state index is 12.2. The van der Waals surface area contributed by atoms with Gasteiger partial charge in [0.15, 0.2) is 0 Å². The van der Waals surface area contributed by atoms with E-state index < -0.39 is 5.92 Å². The van der Waals surface area contributed by atoms with Crippen LogP contribution in [-0.4, -0.2) is 34.9 Å². The zero-order valence-corrected chi connectivity index (χ0v) is 12.9. The van der Waals surface area contributed by atoms with E-state index in [0.717, 1.165) is 38.5 Å². The van der Waals surface area contributed by atoms with Crippen molar-refractivity contribution < 1.29 is 14.4 Å². The van der Waals surface area contributed by atoms with Crippen molar-refractivity contribution in [1.82, 2.24) is 4.90 Å². The number of rotatable bonds is 6. The highest BCUT2D eigenvalue weighted by molar-refractivity contribution is 6.17. The molecular formula is C16H24N2O3. The third-order valence-corrected chi connectivity index (χ3v) is 4.98. The fourth-order valence-corrected chi connectivity index (χ4v) is 3.27. The van der Waals surface area contributed by atoms with Crippen molar-refractivity contribution in [3.8, 4) is 0 Å². The molecule has 0 radical (unpaired) electrons. The monoisotopic (exact) mass is 292 g/mol. The first-order chi connectivity index (χ1) is 10.1. The van der Waals surface area contributed by atoms with Crippen LogP contribution in [0.15, 0.2) is 4.99 Å². The largest absolute Gasteiger partial charge is 0.278 e. The standard InChI is InChI=1S/C16H24N2O3/c1-3-11(2)4-9-14-15(20)18(16(14)21)13-7-5-12(6-8-13)17-10-19/h11-14H,3-9H2,1-2H3. The van der Waals surface area contributed by atoms with Crippen molar-refractivity contribution >= 4 is 17.9 Å². The van der Waals surface area contributed by atoms with Gasteiger partial charge in [-0.25, -0.2) is 9.79 Å². The van der Waals surface area contributed by atoms with Crippen molar-refractivity contribution in [2.75, 3.05) is 0 Å². The molecule has 116 valence electrons. The number of carbonyl (C=O) groups excluding carboxylic acids is 3. The van der Waals surface area contributed by atoms with Gasteiger partial charge in [0.05, 0.1) is 6.04 Å². The molecule has 0 spiro atoms. The van der Waals surface area contributed by atoms with Crippen molar-refractivity contribution in [2.45, 2.75) is 70.9 Å². The Morgan fingerprint density at radius 1 is 1.24 bits per heavy atom.